The van der Waals surface area contributed by atoms with E-state index in [9.17, 15) is 37.0 Å². The molecule has 1 fully saturated rings. The lowest BCUT2D eigenvalue weighted by Gasteiger charge is -2.30. The molecule has 1 aliphatic rings. The van der Waals surface area contributed by atoms with Gasteiger partial charge in [0.15, 0.2) is 0 Å². The Labute approximate surface area is 318 Å². The molecule has 4 unspecified atom stereocenters. The molecule has 2 rings (SSSR count). The van der Waals surface area contributed by atoms with Gasteiger partial charge in [0, 0.05) is 31.5 Å². The van der Waals surface area contributed by atoms with E-state index in [0.29, 0.717) is 64.8 Å². The molecule has 1 aromatic rings. The number of esters is 1. The average molecular weight is 804 g/mol. The number of hydrogen-bond donors (Lipinski definition) is 8. The van der Waals surface area contributed by atoms with Crippen molar-refractivity contribution in [1.29, 1.82) is 5.41 Å². The van der Waals surface area contributed by atoms with Crippen LogP contribution in [0.15, 0.2) is 23.7 Å². The van der Waals surface area contributed by atoms with E-state index in [0.717, 1.165) is 18.5 Å². The van der Waals surface area contributed by atoms with Crippen LogP contribution in [0.25, 0.3) is 0 Å². The summed E-state index contributed by atoms with van der Waals surface area (Å²) in [7, 11) is 0. The van der Waals surface area contributed by atoms with Crippen LogP contribution < -0.4 is 27.1 Å². The zero-order valence-electron chi connectivity index (χ0n) is 31.4. The number of aliphatic hydroxyl groups excluding tert-OH is 3. The van der Waals surface area contributed by atoms with Crippen LogP contribution >= 0.6 is 0 Å². The summed E-state index contributed by atoms with van der Waals surface area (Å²) in [6.07, 6.45) is 4.86. The SMILES string of the molecule is C=N.CCC(C)/C(=C\NCCOCCOCCOCCOCCC(=O)Oc1c(F)c(F)c(F)c(F)c1F)CCO.N/C=C(/CCC1CC(O)C(O)CO1)NN. The topological polar surface area (TPSA) is 233 Å². The van der Waals surface area contributed by atoms with E-state index in [4.69, 9.17) is 45.8 Å². The van der Waals surface area contributed by atoms with E-state index in [2.05, 4.69) is 36.0 Å². The summed E-state index contributed by atoms with van der Waals surface area (Å²) >= 11 is 0. The number of aliphatic hydroxyl groups is 3. The van der Waals surface area contributed by atoms with Crippen molar-refractivity contribution in [3.8, 4) is 5.75 Å². The van der Waals surface area contributed by atoms with Crippen LogP contribution in [0.1, 0.15) is 52.4 Å². The van der Waals surface area contributed by atoms with Gasteiger partial charge in [-0.2, -0.15) is 8.78 Å². The molecule has 1 saturated heterocycles. The number of carbonyl (C=O) groups excluding carboxylic acids is 1. The van der Waals surface area contributed by atoms with Crippen LogP contribution in [-0.2, 0) is 28.5 Å². The number of hydrogen-bond acceptors (Lipinski definition) is 15. The average Bonchev–Trinajstić information content (AvgIpc) is 3.19. The highest BCUT2D eigenvalue weighted by atomic mass is 19.2. The third kappa shape index (κ3) is 21.4. The Morgan fingerprint density at radius 1 is 0.891 bits per heavy atom. The van der Waals surface area contributed by atoms with Gasteiger partial charge in [-0.1, -0.05) is 13.8 Å². The van der Waals surface area contributed by atoms with E-state index in [-0.39, 0.29) is 39.1 Å². The number of halogens is 5. The lowest BCUT2D eigenvalue weighted by molar-refractivity contribution is -0.136. The molecule has 0 bridgehead atoms. The van der Waals surface area contributed by atoms with Gasteiger partial charge in [0.2, 0.25) is 34.8 Å². The number of hydrazine groups is 1. The van der Waals surface area contributed by atoms with Gasteiger partial charge in [0.25, 0.3) is 0 Å². The molecule has 1 aliphatic heterocycles. The molecule has 0 saturated carbocycles. The largest absolute Gasteiger partial charge is 0.420 e. The molecule has 15 nitrogen and oxygen atoms in total. The van der Waals surface area contributed by atoms with Crippen LogP contribution in [0.3, 0.4) is 0 Å². The number of benzene rings is 1. The molecular formula is C35H58F5N5O10. The predicted molar refractivity (Wildman–Crippen MR) is 192 cm³/mol. The third-order valence-electron chi connectivity index (χ3n) is 7.85. The Kier molecular flexibility index (Phi) is 29.7. The molecule has 20 heteroatoms. The Balaban J connectivity index is 0.00000142. The quantitative estimate of drug-likeness (QED) is 0.00817. The molecule has 0 spiro atoms. The summed E-state index contributed by atoms with van der Waals surface area (Å²) in [6, 6.07) is 0. The second-order valence-electron chi connectivity index (χ2n) is 11.7. The first kappa shape index (κ1) is 51.5. The fraction of sp³-hybridized carbons (Fsp3) is 0.657. The Hall–Kier alpha value is -3.47. The van der Waals surface area contributed by atoms with Gasteiger partial charge in [-0.15, -0.1) is 0 Å². The third-order valence-corrected chi connectivity index (χ3v) is 7.85. The van der Waals surface area contributed by atoms with Crippen molar-refractivity contribution in [1.82, 2.24) is 10.7 Å². The number of ether oxygens (including phenoxy) is 6. The summed E-state index contributed by atoms with van der Waals surface area (Å²) in [5, 5.41) is 36.4. The zero-order valence-corrected chi connectivity index (χ0v) is 31.4. The van der Waals surface area contributed by atoms with Gasteiger partial charge in [-0.25, -0.2) is 13.2 Å². The summed E-state index contributed by atoms with van der Waals surface area (Å²) in [6.45, 7) is 9.69. The van der Waals surface area contributed by atoms with E-state index in [1.165, 1.54) is 11.8 Å². The molecule has 1 aromatic carbocycles. The monoisotopic (exact) mass is 803 g/mol. The molecule has 0 radical (unpaired) electrons. The van der Waals surface area contributed by atoms with Crippen LogP contribution in [0.5, 0.6) is 5.75 Å². The summed E-state index contributed by atoms with van der Waals surface area (Å²) in [5.41, 5.74) is 9.71. The lowest BCUT2D eigenvalue weighted by atomic mass is 9.97. The highest BCUT2D eigenvalue weighted by Gasteiger charge is 2.29. The van der Waals surface area contributed by atoms with Crippen LogP contribution in [-0.4, -0.2) is 119 Å². The molecule has 0 amide bonds. The molecule has 0 aliphatic carbocycles. The summed E-state index contributed by atoms with van der Waals surface area (Å²) in [4.78, 5) is 11.6. The lowest BCUT2D eigenvalue weighted by Crippen LogP contribution is -2.41. The maximum Gasteiger partial charge on any atom is 0.313 e. The van der Waals surface area contributed by atoms with Crippen molar-refractivity contribution in [2.24, 2.45) is 17.5 Å². The Morgan fingerprint density at radius 3 is 1.91 bits per heavy atom. The summed E-state index contributed by atoms with van der Waals surface area (Å²) in [5.74, 6) is -8.46. The number of nitrogens with two attached hydrogens (primary N) is 2. The second kappa shape index (κ2) is 31.7. The predicted octanol–water partition coefficient (Wildman–Crippen LogP) is 2.45. The minimum Gasteiger partial charge on any atom is -0.420 e. The van der Waals surface area contributed by atoms with Crippen molar-refractivity contribution in [3.05, 3.63) is 52.8 Å². The number of rotatable bonds is 25. The van der Waals surface area contributed by atoms with Crippen LogP contribution in [0.2, 0.25) is 0 Å². The molecular weight excluding hydrogens is 745 g/mol. The maximum absolute atomic E-state index is 13.5. The fourth-order valence-electron chi connectivity index (χ4n) is 4.50. The van der Waals surface area contributed by atoms with E-state index in [1.807, 2.05) is 6.20 Å². The smallest absolute Gasteiger partial charge is 0.313 e. The van der Waals surface area contributed by atoms with E-state index in [1.54, 1.807) is 0 Å². The highest BCUT2D eigenvalue weighted by molar-refractivity contribution is 5.72. The first-order chi connectivity index (χ1) is 26.4. The van der Waals surface area contributed by atoms with Crippen LogP contribution in [0.4, 0.5) is 22.0 Å². The number of allylic oxidation sites excluding steroid dienone is 1. The number of nitrogens with one attached hydrogen (secondary N) is 3. The summed E-state index contributed by atoms with van der Waals surface area (Å²) < 4.78 is 97.0. The van der Waals surface area contributed by atoms with E-state index < -0.39 is 59.4 Å². The molecule has 4 atom stereocenters. The minimum atomic E-state index is -2.34. The van der Waals surface area contributed by atoms with Gasteiger partial charge < -0.3 is 65.6 Å². The van der Waals surface area contributed by atoms with Crippen molar-refractivity contribution >= 4 is 12.7 Å². The Bertz CT molecular complexity index is 1240. The van der Waals surface area contributed by atoms with Crippen molar-refractivity contribution < 1.29 is 70.5 Å². The standard InChI is InChI=1S/C25H36F5NO7.C9H19N3O3.CH3N/c1-3-17(2)18(4-7-32)16-31-6-9-35-11-13-37-15-14-36-12-10-34-8-5-19(33)38-25-23(29)21(27)20(26)22(28)24(25)30;10-4-6(12-11)1-2-7-3-8(13)9(14)5-15-7;1-2/h16-17,31-32H,3-15H2,1-2H3;4,7-9,12-14H,1-3,5,10-11H2;2H,1H2/b18-16-;6-4-;. The highest BCUT2D eigenvalue weighted by Crippen LogP contribution is 2.29. The van der Waals surface area contributed by atoms with Crippen molar-refractivity contribution in [2.45, 2.75) is 70.7 Å². The number of carbonyl (C=O) groups is 1. The first-order valence-corrected chi connectivity index (χ1v) is 17.7. The van der Waals surface area contributed by atoms with Gasteiger partial charge in [0.1, 0.15) is 6.10 Å². The minimum absolute atomic E-state index is 0.0494. The maximum atomic E-state index is 13.5. The van der Waals surface area contributed by atoms with Gasteiger partial charge in [-0.3, -0.25) is 10.6 Å². The van der Waals surface area contributed by atoms with Crippen LogP contribution in [0, 0.1) is 40.4 Å². The molecule has 318 valence electrons. The van der Waals surface area contributed by atoms with Gasteiger partial charge in [-0.05, 0) is 50.1 Å². The fourth-order valence-corrected chi connectivity index (χ4v) is 4.50. The molecule has 0 aromatic heterocycles. The molecule has 10 N–H and O–H groups in total. The Morgan fingerprint density at radius 2 is 1.42 bits per heavy atom. The van der Waals surface area contributed by atoms with Gasteiger partial charge >= 0.3 is 5.97 Å². The van der Waals surface area contributed by atoms with Crippen molar-refractivity contribution in [3.63, 3.8) is 0 Å². The first-order valence-electron chi connectivity index (χ1n) is 17.7. The van der Waals surface area contributed by atoms with Gasteiger partial charge in [0.05, 0.1) is 78.1 Å². The van der Waals surface area contributed by atoms with Crippen molar-refractivity contribution in [2.75, 3.05) is 72.6 Å². The normalized spacial score (nSPS) is 17.7. The van der Waals surface area contributed by atoms with E-state index >= 15 is 0 Å². The zero-order chi connectivity index (χ0) is 41.6. The molecule has 1 heterocycles. The second-order valence-corrected chi connectivity index (χ2v) is 11.7. The molecule has 55 heavy (non-hydrogen) atoms.